The molecule has 6 heteroatoms. The Labute approximate surface area is 136 Å². The van der Waals surface area contributed by atoms with E-state index in [0.717, 1.165) is 11.1 Å². The fourth-order valence-corrected chi connectivity index (χ4v) is 1.91. The van der Waals surface area contributed by atoms with E-state index < -0.39 is 11.9 Å². The smallest absolute Gasteiger partial charge is 0.338 e. The number of amides is 1. The van der Waals surface area contributed by atoms with Crippen molar-refractivity contribution in [3.63, 3.8) is 0 Å². The fourth-order valence-electron chi connectivity index (χ4n) is 1.91. The largest absolute Gasteiger partial charge is 0.466 e. The van der Waals surface area contributed by atoms with Gasteiger partial charge in [0.25, 0.3) is 5.91 Å². The van der Waals surface area contributed by atoms with Crippen LogP contribution in [-0.2, 0) is 19.1 Å². The molecule has 0 aliphatic heterocycles. The Morgan fingerprint density at radius 1 is 1.13 bits per heavy atom. The molecule has 0 bridgehead atoms. The lowest BCUT2D eigenvalue weighted by atomic mass is 10.1. The first kappa shape index (κ1) is 18.7. The van der Waals surface area contributed by atoms with E-state index in [4.69, 9.17) is 9.47 Å². The van der Waals surface area contributed by atoms with E-state index in [0.29, 0.717) is 25.1 Å². The molecule has 1 N–H and O–H groups in total. The number of ether oxygens (including phenoxy) is 2. The minimum atomic E-state index is -0.520. The van der Waals surface area contributed by atoms with Crippen molar-refractivity contribution in [2.24, 2.45) is 0 Å². The molecule has 0 atom stereocenters. The van der Waals surface area contributed by atoms with Gasteiger partial charge in [0.1, 0.15) is 0 Å². The summed E-state index contributed by atoms with van der Waals surface area (Å²) >= 11 is 0. The maximum atomic E-state index is 11.9. The maximum Gasteiger partial charge on any atom is 0.338 e. The number of rotatable bonds is 8. The highest BCUT2D eigenvalue weighted by molar-refractivity contribution is 5.92. The quantitative estimate of drug-likeness (QED) is 0.584. The first-order valence-corrected chi connectivity index (χ1v) is 7.60. The highest BCUT2D eigenvalue weighted by atomic mass is 16.5. The molecule has 1 aromatic rings. The van der Waals surface area contributed by atoms with Crippen LogP contribution in [0.4, 0.5) is 0 Å². The van der Waals surface area contributed by atoms with Crippen LogP contribution in [0, 0.1) is 13.8 Å². The summed E-state index contributed by atoms with van der Waals surface area (Å²) in [6.07, 6.45) is 0.728. The zero-order valence-electron chi connectivity index (χ0n) is 13.8. The lowest BCUT2D eigenvalue weighted by Gasteiger charge is -2.08. The Morgan fingerprint density at radius 2 is 1.87 bits per heavy atom. The molecule has 1 rings (SSSR count). The average molecular weight is 321 g/mol. The summed E-state index contributed by atoms with van der Waals surface area (Å²) in [5.74, 6) is -1.21. The number of carbonyl (C=O) groups is 3. The van der Waals surface area contributed by atoms with Crippen molar-refractivity contribution in [2.75, 3.05) is 19.8 Å². The predicted octanol–water partition coefficient (Wildman–Crippen LogP) is 1.92. The van der Waals surface area contributed by atoms with E-state index in [9.17, 15) is 14.4 Å². The van der Waals surface area contributed by atoms with Crippen LogP contribution in [0.25, 0.3) is 0 Å². The van der Waals surface area contributed by atoms with Gasteiger partial charge in [0.2, 0.25) is 0 Å². The van der Waals surface area contributed by atoms with E-state index in [-0.39, 0.29) is 19.0 Å². The molecule has 0 aliphatic carbocycles. The van der Waals surface area contributed by atoms with Gasteiger partial charge >= 0.3 is 11.9 Å². The van der Waals surface area contributed by atoms with Gasteiger partial charge in [-0.25, -0.2) is 4.79 Å². The van der Waals surface area contributed by atoms with Gasteiger partial charge in [-0.3, -0.25) is 9.59 Å². The molecule has 0 aliphatic rings. The van der Waals surface area contributed by atoms with Gasteiger partial charge in [-0.05, 0) is 38.8 Å². The summed E-state index contributed by atoms with van der Waals surface area (Å²) < 4.78 is 9.78. The monoisotopic (exact) mass is 321 g/mol. The standard InChI is InChI=1S/C17H23NO5/c1-4-22-16(20)6-5-9-18-15(19)11-23-17(21)14-10-12(2)7-8-13(14)3/h7-8,10H,4-6,9,11H2,1-3H3,(H,18,19). The molecule has 0 unspecified atom stereocenters. The van der Waals surface area contributed by atoms with E-state index in [1.54, 1.807) is 13.0 Å². The summed E-state index contributed by atoms with van der Waals surface area (Å²) in [6.45, 7) is 5.77. The van der Waals surface area contributed by atoms with Crippen LogP contribution in [0.1, 0.15) is 41.3 Å². The van der Waals surface area contributed by atoms with Crippen molar-refractivity contribution in [2.45, 2.75) is 33.6 Å². The minimum absolute atomic E-state index is 0.246. The van der Waals surface area contributed by atoms with Crippen LogP contribution in [0.3, 0.4) is 0 Å². The van der Waals surface area contributed by atoms with E-state index in [1.807, 2.05) is 26.0 Å². The van der Waals surface area contributed by atoms with Gasteiger partial charge in [-0.15, -0.1) is 0 Å². The van der Waals surface area contributed by atoms with Crippen molar-refractivity contribution in [3.8, 4) is 0 Å². The van der Waals surface area contributed by atoms with Crippen LogP contribution in [-0.4, -0.2) is 37.6 Å². The number of aryl methyl sites for hydroxylation is 2. The molecule has 0 heterocycles. The Hall–Kier alpha value is -2.37. The van der Waals surface area contributed by atoms with Crippen LogP contribution in [0.15, 0.2) is 18.2 Å². The molecule has 1 aromatic carbocycles. The number of nitrogens with one attached hydrogen (secondary N) is 1. The summed E-state index contributed by atoms with van der Waals surface area (Å²) in [5, 5.41) is 2.59. The molecule has 0 aromatic heterocycles. The molecule has 1 amide bonds. The third-order valence-electron chi connectivity index (χ3n) is 3.13. The van der Waals surface area contributed by atoms with E-state index >= 15 is 0 Å². The van der Waals surface area contributed by atoms with Gasteiger partial charge in [-0.1, -0.05) is 17.7 Å². The number of esters is 2. The van der Waals surface area contributed by atoms with Gasteiger partial charge in [0.05, 0.1) is 12.2 Å². The number of benzene rings is 1. The molecule has 0 fully saturated rings. The molecular weight excluding hydrogens is 298 g/mol. The number of carbonyl (C=O) groups excluding carboxylic acids is 3. The Morgan fingerprint density at radius 3 is 2.57 bits per heavy atom. The maximum absolute atomic E-state index is 11.9. The van der Waals surface area contributed by atoms with Crippen molar-refractivity contribution in [1.82, 2.24) is 5.32 Å². The highest BCUT2D eigenvalue weighted by Crippen LogP contribution is 2.11. The predicted molar refractivity (Wildman–Crippen MR) is 85.1 cm³/mol. The van der Waals surface area contributed by atoms with Crippen molar-refractivity contribution in [1.29, 1.82) is 0 Å². The number of hydrogen-bond donors (Lipinski definition) is 1. The lowest BCUT2D eigenvalue weighted by Crippen LogP contribution is -2.30. The molecule has 23 heavy (non-hydrogen) atoms. The summed E-state index contributed by atoms with van der Waals surface area (Å²) in [6, 6.07) is 5.47. The third kappa shape index (κ3) is 6.95. The molecule has 0 saturated carbocycles. The van der Waals surface area contributed by atoms with Gasteiger partial charge in [-0.2, -0.15) is 0 Å². The zero-order chi connectivity index (χ0) is 17.2. The van der Waals surface area contributed by atoms with Crippen molar-refractivity contribution >= 4 is 17.8 Å². The lowest BCUT2D eigenvalue weighted by molar-refractivity contribution is -0.143. The molecule has 0 spiro atoms. The molecule has 0 saturated heterocycles. The summed E-state index contributed by atoms with van der Waals surface area (Å²) in [4.78, 5) is 34.7. The van der Waals surface area contributed by atoms with Gasteiger partial charge < -0.3 is 14.8 Å². The van der Waals surface area contributed by atoms with Crippen molar-refractivity contribution in [3.05, 3.63) is 34.9 Å². The first-order chi connectivity index (χ1) is 10.9. The Balaban J connectivity index is 2.29. The van der Waals surface area contributed by atoms with Crippen LogP contribution < -0.4 is 5.32 Å². The minimum Gasteiger partial charge on any atom is -0.466 e. The van der Waals surface area contributed by atoms with Crippen LogP contribution >= 0.6 is 0 Å². The van der Waals surface area contributed by atoms with E-state index in [1.165, 1.54) is 0 Å². The topological polar surface area (TPSA) is 81.7 Å². The molecule has 6 nitrogen and oxygen atoms in total. The number of hydrogen-bond acceptors (Lipinski definition) is 5. The average Bonchev–Trinajstić information content (AvgIpc) is 2.52. The molecule has 0 radical (unpaired) electrons. The second kappa shape index (κ2) is 9.61. The second-order valence-corrected chi connectivity index (χ2v) is 5.15. The third-order valence-corrected chi connectivity index (χ3v) is 3.13. The zero-order valence-corrected chi connectivity index (χ0v) is 13.8. The van der Waals surface area contributed by atoms with Gasteiger partial charge in [0.15, 0.2) is 6.61 Å². The van der Waals surface area contributed by atoms with Crippen LogP contribution in [0.2, 0.25) is 0 Å². The SMILES string of the molecule is CCOC(=O)CCCNC(=O)COC(=O)c1cc(C)ccc1C. The van der Waals surface area contributed by atoms with Crippen LogP contribution in [0.5, 0.6) is 0 Å². The van der Waals surface area contributed by atoms with E-state index in [2.05, 4.69) is 5.32 Å². The Kier molecular flexibility index (Phi) is 7.80. The van der Waals surface area contributed by atoms with Crippen molar-refractivity contribution < 1.29 is 23.9 Å². The molecular formula is C17H23NO5. The molecule has 126 valence electrons. The normalized spacial score (nSPS) is 10.0. The summed E-state index contributed by atoms with van der Waals surface area (Å²) in [5.41, 5.74) is 2.21. The van der Waals surface area contributed by atoms with Gasteiger partial charge in [0, 0.05) is 13.0 Å². The first-order valence-electron chi connectivity index (χ1n) is 7.60. The summed E-state index contributed by atoms with van der Waals surface area (Å²) in [7, 11) is 0. The highest BCUT2D eigenvalue weighted by Gasteiger charge is 2.12. The fraction of sp³-hybridized carbons (Fsp3) is 0.471. The Bertz CT molecular complexity index is 568. The second-order valence-electron chi connectivity index (χ2n) is 5.15.